The number of aromatic nitrogens is 3. The highest BCUT2D eigenvalue weighted by Gasteiger charge is 2.12. The molecule has 1 aromatic rings. The van der Waals surface area contributed by atoms with E-state index in [1.165, 1.54) is 38.5 Å². The SMILES string of the molecule is CCNC(=NCc1nncn1C)NCCOC1CCCCCC1. The number of nitrogens with one attached hydrogen (secondary N) is 2. The third-order valence-electron chi connectivity index (χ3n) is 4.08. The van der Waals surface area contributed by atoms with Gasteiger partial charge in [0.15, 0.2) is 11.8 Å². The number of guanidine groups is 1. The molecule has 7 nitrogen and oxygen atoms in total. The first-order valence-electron chi connectivity index (χ1n) is 8.76. The fourth-order valence-corrected chi connectivity index (χ4v) is 2.75. The lowest BCUT2D eigenvalue weighted by atomic mass is 10.1. The van der Waals surface area contributed by atoms with Gasteiger partial charge in [0.05, 0.1) is 12.7 Å². The fraction of sp³-hybridized carbons (Fsp3) is 0.812. The Hall–Kier alpha value is -1.63. The van der Waals surface area contributed by atoms with E-state index in [2.05, 4.69) is 32.7 Å². The summed E-state index contributed by atoms with van der Waals surface area (Å²) >= 11 is 0. The highest BCUT2D eigenvalue weighted by molar-refractivity contribution is 5.79. The maximum atomic E-state index is 5.99. The van der Waals surface area contributed by atoms with E-state index in [9.17, 15) is 0 Å². The van der Waals surface area contributed by atoms with Gasteiger partial charge < -0.3 is 19.9 Å². The van der Waals surface area contributed by atoms with Crippen molar-refractivity contribution in [2.75, 3.05) is 19.7 Å². The van der Waals surface area contributed by atoms with Crippen molar-refractivity contribution >= 4 is 5.96 Å². The van der Waals surface area contributed by atoms with Gasteiger partial charge in [0.2, 0.25) is 0 Å². The second-order valence-corrected chi connectivity index (χ2v) is 5.96. The van der Waals surface area contributed by atoms with Gasteiger partial charge in [-0.3, -0.25) is 0 Å². The van der Waals surface area contributed by atoms with E-state index in [0.29, 0.717) is 12.6 Å². The van der Waals surface area contributed by atoms with Crippen LogP contribution in [0, 0.1) is 0 Å². The zero-order chi connectivity index (χ0) is 16.3. The standard InChI is InChI=1S/C16H30N6O/c1-3-17-16(19-12-15-21-20-13-22(15)2)18-10-11-23-14-8-6-4-5-7-9-14/h13-14H,3-12H2,1-2H3,(H2,17,18,19). The first-order valence-corrected chi connectivity index (χ1v) is 8.76. The zero-order valence-electron chi connectivity index (χ0n) is 14.4. The molecule has 1 aliphatic rings. The molecule has 0 saturated heterocycles. The molecule has 1 aromatic heterocycles. The Bertz CT molecular complexity index is 465. The molecule has 2 N–H and O–H groups in total. The molecule has 1 heterocycles. The van der Waals surface area contributed by atoms with Gasteiger partial charge in [-0.1, -0.05) is 25.7 Å². The largest absolute Gasteiger partial charge is 0.376 e. The maximum absolute atomic E-state index is 5.99. The second-order valence-electron chi connectivity index (χ2n) is 5.96. The number of hydrogen-bond acceptors (Lipinski definition) is 4. The molecule has 0 radical (unpaired) electrons. The minimum Gasteiger partial charge on any atom is -0.376 e. The van der Waals surface area contributed by atoms with Gasteiger partial charge in [0.25, 0.3) is 0 Å². The highest BCUT2D eigenvalue weighted by atomic mass is 16.5. The third-order valence-corrected chi connectivity index (χ3v) is 4.08. The predicted molar refractivity (Wildman–Crippen MR) is 91.3 cm³/mol. The predicted octanol–water partition coefficient (Wildman–Crippen LogP) is 1.61. The Kier molecular flexibility index (Phi) is 7.86. The average Bonchev–Trinajstić information content (AvgIpc) is 2.80. The molecule has 0 unspecified atom stereocenters. The van der Waals surface area contributed by atoms with Crippen LogP contribution in [0.4, 0.5) is 0 Å². The highest BCUT2D eigenvalue weighted by Crippen LogP contribution is 2.19. The van der Waals surface area contributed by atoms with Gasteiger partial charge in [0.1, 0.15) is 12.9 Å². The first-order chi connectivity index (χ1) is 11.3. The molecular formula is C16H30N6O. The molecule has 0 atom stereocenters. The van der Waals surface area contributed by atoms with E-state index in [-0.39, 0.29) is 0 Å². The molecular weight excluding hydrogens is 292 g/mol. The van der Waals surface area contributed by atoms with Crippen LogP contribution in [0.3, 0.4) is 0 Å². The van der Waals surface area contributed by atoms with Crippen LogP contribution in [0.2, 0.25) is 0 Å². The molecule has 23 heavy (non-hydrogen) atoms. The lowest BCUT2D eigenvalue weighted by molar-refractivity contribution is 0.0468. The number of aryl methyl sites for hydroxylation is 1. The number of nitrogens with zero attached hydrogens (tertiary/aromatic N) is 4. The number of hydrogen-bond donors (Lipinski definition) is 2. The zero-order valence-corrected chi connectivity index (χ0v) is 14.4. The van der Waals surface area contributed by atoms with Crippen molar-refractivity contribution in [3.63, 3.8) is 0 Å². The van der Waals surface area contributed by atoms with E-state index in [1.54, 1.807) is 6.33 Å². The number of rotatable bonds is 7. The molecule has 1 saturated carbocycles. The van der Waals surface area contributed by atoms with Crippen LogP contribution in [-0.4, -0.2) is 46.5 Å². The molecule has 0 bridgehead atoms. The van der Waals surface area contributed by atoms with E-state index in [1.807, 2.05) is 11.6 Å². The van der Waals surface area contributed by atoms with E-state index < -0.39 is 0 Å². The van der Waals surface area contributed by atoms with Crippen LogP contribution < -0.4 is 10.6 Å². The molecule has 1 aliphatic carbocycles. The lowest BCUT2D eigenvalue weighted by Crippen LogP contribution is -2.39. The summed E-state index contributed by atoms with van der Waals surface area (Å²) in [5.74, 6) is 1.64. The maximum Gasteiger partial charge on any atom is 0.191 e. The van der Waals surface area contributed by atoms with Crippen molar-refractivity contribution in [2.45, 2.75) is 58.1 Å². The van der Waals surface area contributed by atoms with Crippen molar-refractivity contribution < 1.29 is 4.74 Å². The van der Waals surface area contributed by atoms with Crippen LogP contribution in [0.1, 0.15) is 51.3 Å². The molecule has 1 fully saturated rings. The summed E-state index contributed by atoms with van der Waals surface area (Å²) in [5, 5.41) is 14.5. The molecule has 7 heteroatoms. The Labute approximate surface area is 138 Å². The van der Waals surface area contributed by atoms with Crippen molar-refractivity contribution in [1.29, 1.82) is 0 Å². The summed E-state index contributed by atoms with van der Waals surface area (Å²) in [5.41, 5.74) is 0. The van der Waals surface area contributed by atoms with E-state index >= 15 is 0 Å². The molecule has 0 aromatic carbocycles. The minimum absolute atomic E-state index is 0.442. The van der Waals surface area contributed by atoms with Crippen LogP contribution >= 0.6 is 0 Å². The van der Waals surface area contributed by atoms with Gasteiger partial charge >= 0.3 is 0 Å². The Morgan fingerprint density at radius 3 is 2.74 bits per heavy atom. The van der Waals surface area contributed by atoms with Crippen LogP contribution in [0.15, 0.2) is 11.3 Å². The second kappa shape index (κ2) is 10.2. The topological polar surface area (TPSA) is 76.4 Å². The van der Waals surface area contributed by atoms with Crippen LogP contribution in [0.5, 0.6) is 0 Å². The Morgan fingerprint density at radius 2 is 2.09 bits per heavy atom. The summed E-state index contributed by atoms with van der Waals surface area (Å²) < 4.78 is 7.87. The Morgan fingerprint density at radius 1 is 1.30 bits per heavy atom. The average molecular weight is 322 g/mol. The summed E-state index contributed by atoms with van der Waals surface area (Å²) in [6, 6.07) is 0. The van der Waals surface area contributed by atoms with Crippen molar-refractivity contribution in [2.24, 2.45) is 12.0 Å². The molecule has 130 valence electrons. The van der Waals surface area contributed by atoms with Crippen molar-refractivity contribution in [1.82, 2.24) is 25.4 Å². The van der Waals surface area contributed by atoms with Gasteiger partial charge in [-0.15, -0.1) is 10.2 Å². The van der Waals surface area contributed by atoms with Gasteiger partial charge in [0, 0.05) is 20.1 Å². The molecule has 0 aliphatic heterocycles. The van der Waals surface area contributed by atoms with E-state index in [0.717, 1.165) is 31.5 Å². The molecule has 2 rings (SSSR count). The summed E-state index contributed by atoms with van der Waals surface area (Å²) in [7, 11) is 1.92. The van der Waals surface area contributed by atoms with Gasteiger partial charge in [-0.2, -0.15) is 0 Å². The van der Waals surface area contributed by atoms with Gasteiger partial charge in [-0.05, 0) is 19.8 Å². The summed E-state index contributed by atoms with van der Waals surface area (Å²) in [6.45, 7) is 4.88. The smallest absolute Gasteiger partial charge is 0.191 e. The van der Waals surface area contributed by atoms with Crippen molar-refractivity contribution in [3.8, 4) is 0 Å². The molecule has 0 amide bonds. The van der Waals surface area contributed by atoms with Crippen LogP contribution in [0.25, 0.3) is 0 Å². The monoisotopic (exact) mass is 322 g/mol. The quantitative estimate of drug-likeness (QED) is 0.345. The number of ether oxygens (including phenoxy) is 1. The van der Waals surface area contributed by atoms with E-state index in [4.69, 9.17) is 4.74 Å². The third kappa shape index (κ3) is 6.56. The normalized spacial score (nSPS) is 17.0. The first kappa shape index (κ1) is 17.7. The Balaban J connectivity index is 1.70. The van der Waals surface area contributed by atoms with Gasteiger partial charge in [-0.25, -0.2) is 4.99 Å². The van der Waals surface area contributed by atoms with Crippen LogP contribution in [-0.2, 0) is 18.3 Å². The summed E-state index contributed by atoms with van der Waals surface area (Å²) in [4.78, 5) is 4.53. The fourth-order valence-electron chi connectivity index (χ4n) is 2.75. The lowest BCUT2D eigenvalue weighted by Gasteiger charge is -2.16. The summed E-state index contributed by atoms with van der Waals surface area (Å²) in [6.07, 6.45) is 9.87. The minimum atomic E-state index is 0.442. The number of aliphatic imine (C=N–C) groups is 1. The van der Waals surface area contributed by atoms with Crippen molar-refractivity contribution in [3.05, 3.63) is 12.2 Å². The molecule has 0 spiro atoms.